The molecule has 32 heavy (non-hydrogen) atoms. The predicted octanol–water partition coefficient (Wildman–Crippen LogP) is 4.11. The molecule has 6 nitrogen and oxygen atoms in total. The van der Waals surface area contributed by atoms with E-state index in [1.54, 1.807) is 23.2 Å². The van der Waals surface area contributed by atoms with Gasteiger partial charge in [-0.15, -0.1) is 11.3 Å². The Morgan fingerprint density at radius 2 is 1.88 bits per heavy atom. The third-order valence-corrected chi connectivity index (χ3v) is 6.77. The minimum Gasteiger partial charge on any atom is -0.466 e. The van der Waals surface area contributed by atoms with E-state index >= 15 is 0 Å². The first-order valence-electron chi connectivity index (χ1n) is 11.2. The minimum absolute atomic E-state index is 0.00115. The standard InChI is InChI=1S/C25H32N2O4S/c1-5-31-24(30)11-10-22(28)27(17(2)3)16-23(29)26-14-12-21-20(13-15-32-21)25(26)19-8-6-18(4)7-9-19/h6-9,13,15,17,25H,5,10-12,14,16H2,1-4H3. The molecule has 2 heterocycles. The maximum Gasteiger partial charge on any atom is 0.306 e. The van der Waals surface area contributed by atoms with Gasteiger partial charge in [0.1, 0.15) is 6.54 Å². The summed E-state index contributed by atoms with van der Waals surface area (Å²) in [5, 5.41) is 2.08. The summed E-state index contributed by atoms with van der Waals surface area (Å²) < 4.78 is 4.92. The van der Waals surface area contributed by atoms with E-state index in [0.717, 1.165) is 12.0 Å². The molecule has 0 fully saturated rings. The number of esters is 1. The normalized spacial score (nSPS) is 15.4. The van der Waals surface area contributed by atoms with Gasteiger partial charge >= 0.3 is 5.97 Å². The van der Waals surface area contributed by atoms with E-state index in [4.69, 9.17) is 4.74 Å². The average Bonchev–Trinajstić information content (AvgIpc) is 3.24. The van der Waals surface area contributed by atoms with Crippen molar-refractivity contribution in [2.45, 2.75) is 59.0 Å². The fraction of sp³-hybridized carbons (Fsp3) is 0.480. The Bertz CT molecular complexity index is 951. The molecule has 0 saturated carbocycles. The van der Waals surface area contributed by atoms with Gasteiger partial charge in [-0.3, -0.25) is 14.4 Å². The topological polar surface area (TPSA) is 66.9 Å². The van der Waals surface area contributed by atoms with E-state index in [1.165, 1.54) is 16.0 Å². The van der Waals surface area contributed by atoms with Gasteiger partial charge in [-0.1, -0.05) is 29.8 Å². The molecule has 3 rings (SSSR count). The molecule has 1 aliphatic heterocycles. The number of fused-ring (bicyclic) bond motifs is 1. The Balaban J connectivity index is 1.78. The monoisotopic (exact) mass is 456 g/mol. The Kier molecular flexibility index (Phi) is 8.07. The molecule has 1 aliphatic rings. The van der Waals surface area contributed by atoms with Crippen LogP contribution in [-0.2, 0) is 25.5 Å². The van der Waals surface area contributed by atoms with Crippen LogP contribution in [0.2, 0.25) is 0 Å². The second-order valence-corrected chi connectivity index (χ2v) is 9.37. The van der Waals surface area contributed by atoms with Crippen LogP contribution in [0.1, 0.15) is 61.2 Å². The van der Waals surface area contributed by atoms with Gasteiger partial charge < -0.3 is 14.5 Å². The summed E-state index contributed by atoms with van der Waals surface area (Å²) in [6.45, 7) is 8.47. The largest absolute Gasteiger partial charge is 0.466 e. The Hall–Kier alpha value is -2.67. The molecule has 0 bridgehead atoms. The van der Waals surface area contributed by atoms with Crippen molar-refractivity contribution >= 4 is 29.1 Å². The van der Waals surface area contributed by atoms with E-state index in [0.29, 0.717) is 13.2 Å². The molecule has 1 unspecified atom stereocenters. The average molecular weight is 457 g/mol. The van der Waals surface area contributed by atoms with E-state index in [-0.39, 0.29) is 43.3 Å². The highest BCUT2D eigenvalue weighted by molar-refractivity contribution is 7.10. The number of amides is 2. The molecule has 2 aromatic rings. The van der Waals surface area contributed by atoms with Gasteiger partial charge in [-0.25, -0.2) is 0 Å². The van der Waals surface area contributed by atoms with Gasteiger partial charge in [0.05, 0.1) is 19.1 Å². The van der Waals surface area contributed by atoms with Crippen LogP contribution >= 0.6 is 11.3 Å². The fourth-order valence-electron chi connectivity index (χ4n) is 4.07. The van der Waals surface area contributed by atoms with Crippen LogP contribution in [0, 0.1) is 6.92 Å². The lowest BCUT2D eigenvalue weighted by Crippen LogP contribution is -2.48. The third kappa shape index (κ3) is 5.57. The number of rotatable bonds is 8. The number of benzene rings is 1. The Morgan fingerprint density at radius 1 is 1.16 bits per heavy atom. The number of hydrogen-bond donors (Lipinski definition) is 0. The van der Waals surface area contributed by atoms with Crippen LogP contribution in [0.3, 0.4) is 0 Å². The highest BCUT2D eigenvalue weighted by atomic mass is 32.1. The number of thiophene rings is 1. The molecule has 0 aliphatic carbocycles. The lowest BCUT2D eigenvalue weighted by atomic mass is 9.92. The molecule has 172 valence electrons. The number of carbonyl (C=O) groups is 3. The third-order valence-electron chi connectivity index (χ3n) is 5.78. The molecule has 2 amide bonds. The van der Waals surface area contributed by atoms with Crippen LogP contribution in [0.5, 0.6) is 0 Å². The molecular formula is C25H32N2O4S. The molecular weight excluding hydrogens is 424 g/mol. The second-order valence-electron chi connectivity index (χ2n) is 8.37. The van der Waals surface area contributed by atoms with Gasteiger partial charge in [-0.2, -0.15) is 0 Å². The van der Waals surface area contributed by atoms with Crippen molar-refractivity contribution in [1.82, 2.24) is 9.80 Å². The van der Waals surface area contributed by atoms with Crippen molar-refractivity contribution in [3.8, 4) is 0 Å². The first-order chi connectivity index (χ1) is 15.3. The number of nitrogens with zero attached hydrogens (tertiary/aromatic N) is 2. The van der Waals surface area contributed by atoms with Gasteiger partial charge in [0, 0.05) is 23.9 Å². The van der Waals surface area contributed by atoms with Crippen molar-refractivity contribution in [3.63, 3.8) is 0 Å². The van der Waals surface area contributed by atoms with Gasteiger partial charge in [-0.05, 0) is 56.7 Å². The fourth-order valence-corrected chi connectivity index (χ4v) is 4.98. The number of carbonyl (C=O) groups excluding carboxylic acids is 3. The summed E-state index contributed by atoms with van der Waals surface area (Å²) in [6, 6.07) is 10.1. The molecule has 0 N–H and O–H groups in total. The Morgan fingerprint density at radius 3 is 2.53 bits per heavy atom. The van der Waals surface area contributed by atoms with Gasteiger partial charge in [0.25, 0.3) is 0 Å². The van der Waals surface area contributed by atoms with Crippen molar-refractivity contribution < 1.29 is 19.1 Å². The van der Waals surface area contributed by atoms with Crippen LogP contribution in [0.15, 0.2) is 35.7 Å². The van der Waals surface area contributed by atoms with Crippen LogP contribution in [0.4, 0.5) is 0 Å². The lowest BCUT2D eigenvalue weighted by Gasteiger charge is -2.38. The molecule has 7 heteroatoms. The molecule has 0 spiro atoms. The molecule has 0 saturated heterocycles. The first kappa shape index (κ1) is 24.0. The lowest BCUT2D eigenvalue weighted by molar-refractivity contribution is -0.147. The summed E-state index contributed by atoms with van der Waals surface area (Å²) in [7, 11) is 0. The first-order valence-corrected chi connectivity index (χ1v) is 12.1. The zero-order chi connectivity index (χ0) is 23.3. The van der Waals surface area contributed by atoms with Gasteiger partial charge in [0.2, 0.25) is 11.8 Å². The zero-order valence-corrected chi connectivity index (χ0v) is 20.1. The van der Waals surface area contributed by atoms with Crippen molar-refractivity contribution in [2.24, 2.45) is 0 Å². The SMILES string of the molecule is CCOC(=O)CCC(=O)N(CC(=O)N1CCc2sccc2C1c1ccc(C)cc1)C(C)C. The number of aryl methyl sites for hydroxylation is 1. The van der Waals surface area contributed by atoms with Crippen molar-refractivity contribution in [3.05, 3.63) is 57.3 Å². The van der Waals surface area contributed by atoms with E-state index < -0.39 is 5.97 Å². The van der Waals surface area contributed by atoms with Gasteiger partial charge in [0.15, 0.2) is 0 Å². The summed E-state index contributed by atoms with van der Waals surface area (Å²) in [4.78, 5) is 42.7. The summed E-state index contributed by atoms with van der Waals surface area (Å²) in [6.07, 6.45) is 0.887. The quantitative estimate of drug-likeness (QED) is 0.561. The highest BCUT2D eigenvalue weighted by Crippen LogP contribution is 2.38. The van der Waals surface area contributed by atoms with E-state index in [9.17, 15) is 14.4 Å². The van der Waals surface area contributed by atoms with Crippen molar-refractivity contribution in [1.29, 1.82) is 0 Å². The molecule has 1 aromatic carbocycles. The van der Waals surface area contributed by atoms with E-state index in [2.05, 4.69) is 35.7 Å². The van der Waals surface area contributed by atoms with Crippen molar-refractivity contribution in [2.75, 3.05) is 19.7 Å². The summed E-state index contributed by atoms with van der Waals surface area (Å²) in [5.41, 5.74) is 3.42. The number of hydrogen-bond acceptors (Lipinski definition) is 5. The second kappa shape index (κ2) is 10.8. The molecule has 1 atom stereocenters. The molecule has 0 radical (unpaired) electrons. The number of ether oxygens (including phenoxy) is 1. The smallest absolute Gasteiger partial charge is 0.306 e. The van der Waals surface area contributed by atoms with Crippen LogP contribution in [-0.4, -0.2) is 53.3 Å². The predicted molar refractivity (Wildman–Crippen MR) is 125 cm³/mol. The maximum absolute atomic E-state index is 13.5. The molecule has 1 aromatic heterocycles. The van der Waals surface area contributed by atoms with Crippen LogP contribution < -0.4 is 0 Å². The van der Waals surface area contributed by atoms with Crippen LogP contribution in [0.25, 0.3) is 0 Å². The summed E-state index contributed by atoms with van der Waals surface area (Å²) >= 11 is 1.73. The maximum atomic E-state index is 13.5. The Labute approximate surface area is 194 Å². The zero-order valence-electron chi connectivity index (χ0n) is 19.3. The summed E-state index contributed by atoms with van der Waals surface area (Å²) in [5.74, 6) is -0.677. The van der Waals surface area contributed by atoms with E-state index in [1.807, 2.05) is 25.7 Å². The minimum atomic E-state index is -0.392. The highest BCUT2D eigenvalue weighted by Gasteiger charge is 2.34.